The van der Waals surface area contributed by atoms with Crippen molar-refractivity contribution in [3.05, 3.63) is 40.8 Å². The molecule has 0 bridgehead atoms. The number of fused-ring (bicyclic) bond motifs is 1. The Bertz CT molecular complexity index is 528. The zero-order valence-electron chi connectivity index (χ0n) is 8.78. The number of nitrogens with one attached hydrogen (secondary N) is 1. The number of hydrogen-bond acceptors (Lipinski definition) is 2. The van der Waals surface area contributed by atoms with Gasteiger partial charge in [-0.25, -0.2) is 0 Å². The summed E-state index contributed by atoms with van der Waals surface area (Å²) in [5.74, 6) is 0.731. The van der Waals surface area contributed by atoms with Crippen LogP contribution >= 0.6 is 0 Å². The number of aromatic amines is 1. The predicted molar refractivity (Wildman–Crippen MR) is 60.3 cm³/mol. The Morgan fingerprint density at radius 3 is 2.80 bits per heavy atom. The molecule has 0 atom stereocenters. The van der Waals surface area contributed by atoms with Crippen LogP contribution in [0.25, 0.3) is 10.8 Å². The Labute approximate surface area is 87.7 Å². The van der Waals surface area contributed by atoms with Gasteiger partial charge in [0.1, 0.15) is 5.75 Å². The minimum Gasteiger partial charge on any atom is -0.491 e. The molecule has 3 heteroatoms. The van der Waals surface area contributed by atoms with Crippen LogP contribution in [0.1, 0.15) is 13.8 Å². The second kappa shape index (κ2) is 3.77. The summed E-state index contributed by atoms with van der Waals surface area (Å²) in [5.41, 5.74) is -0.0818. The summed E-state index contributed by atoms with van der Waals surface area (Å²) < 4.78 is 5.52. The maximum absolute atomic E-state index is 11.5. The first-order chi connectivity index (χ1) is 7.16. The fourth-order valence-electron chi connectivity index (χ4n) is 1.51. The molecule has 0 fully saturated rings. The minimum absolute atomic E-state index is 0.0818. The zero-order chi connectivity index (χ0) is 10.8. The second-order valence-electron chi connectivity index (χ2n) is 3.72. The van der Waals surface area contributed by atoms with Crippen molar-refractivity contribution in [2.24, 2.45) is 0 Å². The predicted octanol–water partition coefficient (Wildman–Crippen LogP) is 2.32. The summed E-state index contributed by atoms with van der Waals surface area (Å²) in [6, 6.07) is 7.41. The van der Waals surface area contributed by atoms with E-state index in [0.29, 0.717) is 5.39 Å². The van der Waals surface area contributed by atoms with Crippen LogP contribution in [0.3, 0.4) is 0 Å². The second-order valence-corrected chi connectivity index (χ2v) is 3.72. The van der Waals surface area contributed by atoms with Crippen LogP contribution in [0.5, 0.6) is 5.75 Å². The van der Waals surface area contributed by atoms with Crippen molar-refractivity contribution in [2.75, 3.05) is 0 Å². The molecule has 0 spiro atoms. The van der Waals surface area contributed by atoms with Gasteiger partial charge in [0.15, 0.2) is 0 Å². The van der Waals surface area contributed by atoms with E-state index in [4.69, 9.17) is 4.74 Å². The smallest absolute Gasteiger partial charge is 0.255 e. The summed E-state index contributed by atoms with van der Waals surface area (Å²) in [4.78, 5) is 14.1. The average Bonchev–Trinajstić information content (AvgIpc) is 2.18. The first kappa shape index (κ1) is 9.77. The van der Waals surface area contributed by atoms with Gasteiger partial charge in [-0.2, -0.15) is 0 Å². The lowest BCUT2D eigenvalue weighted by Gasteiger charge is -2.09. The first-order valence-electron chi connectivity index (χ1n) is 4.95. The SMILES string of the molecule is CC(C)Oc1ccc2cc[nH]c(=O)c2c1. The molecule has 2 rings (SSSR count). The van der Waals surface area contributed by atoms with E-state index in [9.17, 15) is 4.79 Å². The summed E-state index contributed by atoms with van der Waals surface area (Å²) >= 11 is 0. The van der Waals surface area contributed by atoms with E-state index in [0.717, 1.165) is 11.1 Å². The maximum atomic E-state index is 11.5. The van der Waals surface area contributed by atoms with E-state index in [-0.39, 0.29) is 11.7 Å². The van der Waals surface area contributed by atoms with Crippen LogP contribution in [0.4, 0.5) is 0 Å². The molecule has 0 saturated heterocycles. The van der Waals surface area contributed by atoms with Gasteiger partial charge in [0.05, 0.1) is 11.5 Å². The van der Waals surface area contributed by atoms with Crippen molar-refractivity contribution in [1.82, 2.24) is 4.98 Å². The molecule has 0 radical (unpaired) electrons. The molecule has 0 amide bonds. The monoisotopic (exact) mass is 203 g/mol. The fourth-order valence-corrected chi connectivity index (χ4v) is 1.51. The van der Waals surface area contributed by atoms with Crippen molar-refractivity contribution >= 4 is 10.8 Å². The van der Waals surface area contributed by atoms with Gasteiger partial charge in [-0.15, -0.1) is 0 Å². The molecule has 1 aromatic heterocycles. The van der Waals surface area contributed by atoms with Gasteiger partial charge in [0, 0.05) is 6.20 Å². The third-order valence-electron chi connectivity index (χ3n) is 2.12. The summed E-state index contributed by atoms with van der Waals surface area (Å²) in [5, 5.41) is 1.59. The van der Waals surface area contributed by atoms with Crippen molar-refractivity contribution in [1.29, 1.82) is 0 Å². The zero-order valence-corrected chi connectivity index (χ0v) is 8.78. The highest BCUT2D eigenvalue weighted by Crippen LogP contribution is 2.18. The van der Waals surface area contributed by atoms with Gasteiger partial charge in [-0.3, -0.25) is 4.79 Å². The van der Waals surface area contributed by atoms with Crippen molar-refractivity contribution in [3.8, 4) is 5.75 Å². The first-order valence-corrected chi connectivity index (χ1v) is 4.95. The van der Waals surface area contributed by atoms with Gasteiger partial charge in [0.25, 0.3) is 5.56 Å². The van der Waals surface area contributed by atoms with Crippen molar-refractivity contribution < 1.29 is 4.74 Å². The molecule has 1 aromatic carbocycles. The number of aromatic nitrogens is 1. The lowest BCUT2D eigenvalue weighted by molar-refractivity contribution is 0.243. The molecule has 1 heterocycles. The largest absolute Gasteiger partial charge is 0.491 e. The highest BCUT2D eigenvalue weighted by molar-refractivity contribution is 5.82. The Morgan fingerprint density at radius 1 is 1.27 bits per heavy atom. The summed E-state index contributed by atoms with van der Waals surface area (Å²) in [7, 11) is 0. The van der Waals surface area contributed by atoms with Gasteiger partial charge >= 0.3 is 0 Å². The Kier molecular flexibility index (Phi) is 2.46. The van der Waals surface area contributed by atoms with E-state index >= 15 is 0 Å². The normalized spacial score (nSPS) is 10.9. The van der Waals surface area contributed by atoms with Gasteiger partial charge in [-0.1, -0.05) is 6.07 Å². The van der Waals surface area contributed by atoms with E-state index in [2.05, 4.69) is 4.98 Å². The lowest BCUT2D eigenvalue weighted by Crippen LogP contribution is -2.07. The van der Waals surface area contributed by atoms with Crippen LogP contribution in [0.15, 0.2) is 35.3 Å². The standard InChI is InChI=1S/C12H13NO2/c1-8(2)15-10-4-3-9-5-6-13-12(14)11(9)7-10/h3-8H,1-2H3,(H,13,14). The van der Waals surface area contributed by atoms with Crippen LogP contribution in [-0.2, 0) is 0 Å². The molecule has 15 heavy (non-hydrogen) atoms. The number of rotatable bonds is 2. The molecule has 0 aliphatic heterocycles. The maximum Gasteiger partial charge on any atom is 0.255 e. The number of hydrogen-bond donors (Lipinski definition) is 1. The Balaban J connectivity index is 2.55. The number of ether oxygens (including phenoxy) is 1. The third kappa shape index (κ3) is 2.01. The molecule has 1 N–H and O–H groups in total. The van der Waals surface area contributed by atoms with Gasteiger partial charge in [0.2, 0.25) is 0 Å². The van der Waals surface area contributed by atoms with Crippen molar-refractivity contribution in [2.45, 2.75) is 20.0 Å². The molecule has 0 saturated carbocycles. The molecule has 0 aliphatic carbocycles. The van der Waals surface area contributed by atoms with Crippen molar-refractivity contribution in [3.63, 3.8) is 0 Å². The average molecular weight is 203 g/mol. The van der Waals surface area contributed by atoms with Crippen LogP contribution in [0, 0.1) is 0 Å². The highest BCUT2D eigenvalue weighted by Gasteiger charge is 2.01. The number of pyridine rings is 1. The molecule has 3 nitrogen and oxygen atoms in total. The molecule has 0 unspecified atom stereocenters. The molecular formula is C12H13NO2. The third-order valence-corrected chi connectivity index (χ3v) is 2.12. The molecular weight excluding hydrogens is 190 g/mol. The highest BCUT2D eigenvalue weighted by atomic mass is 16.5. The van der Waals surface area contributed by atoms with Crippen LogP contribution in [0.2, 0.25) is 0 Å². The summed E-state index contributed by atoms with van der Waals surface area (Å²) in [6.07, 6.45) is 1.76. The topological polar surface area (TPSA) is 42.1 Å². The van der Waals surface area contributed by atoms with E-state index in [1.54, 1.807) is 12.3 Å². The van der Waals surface area contributed by atoms with Gasteiger partial charge < -0.3 is 9.72 Å². The Morgan fingerprint density at radius 2 is 2.07 bits per heavy atom. The summed E-state index contributed by atoms with van der Waals surface area (Å²) in [6.45, 7) is 3.92. The van der Waals surface area contributed by atoms with E-state index in [1.165, 1.54) is 0 Å². The molecule has 2 aromatic rings. The lowest BCUT2D eigenvalue weighted by atomic mass is 10.2. The minimum atomic E-state index is -0.0818. The fraction of sp³-hybridized carbons (Fsp3) is 0.250. The molecule has 78 valence electrons. The van der Waals surface area contributed by atoms with Crippen LogP contribution < -0.4 is 10.3 Å². The molecule has 0 aliphatic rings. The van der Waals surface area contributed by atoms with Gasteiger partial charge in [-0.05, 0) is 37.4 Å². The van der Waals surface area contributed by atoms with E-state index in [1.807, 2.05) is 32.0 Å². The quantitative estimate of drug-likeness (QED) is 0.813. The Hall–Kier alpha value is -1.77. The number of H-pyrrole nitrogens is 1. The number of benzene rings is 1. The van der Waals surface area contributed by atoms with E-state index < -0.39 is 0 Å². The van der Waals surface area contributed by atoms with Crippen LogP contribution in [-0.4, -0.2) is 11.1 Å².